The first kappa shape index (κ1) is 17.0. The standard InChI is InChI=1S/C14H8BF6O2/c1-22-6-4-3-5(16)7(9(6)17)15-8-10(18)12(20)13(21)14(23-2)11(8)19/h3-4H,1-2H3. The molecule has 9 heteroatoms. The molecule has 0 saturated heterocycles. The Morgan fingerprint density at radius 1 is 0.696 bits per heavy atom. The smallest absolute Gasteiger partial charge is 0.207 e. The first-order valence-electron chi connectivity index (χ1n) is 6.10. The van der Waals surface area contributed by atoms with Crippen molar-refractivity contribution in [1.82, 2.24) is 0 Å². The summed E-state index contributed by atoms with van der Waals surface area (Å²) in [5, 5.41) is 0. The minimum atomic E-state index is -2.03. The van der Waals surface area contributed by atoms with Crippen LogP contribution in [0.1, 0.15) is 0 Å². The van der Waals surface area contributed by atoms with E-state index in [1.807, 2.05) is 0 Å². The molecule has 0 bridgehead atoms. The van der Waals surface area contributed by atoms with Crippen LogP contribution in [0.2, 0.25) is 0 Å². The zero-order chi connectivity index (χ0) is 17.3. The van der Waals surface area contributed by atoms with Crippen molar-refractivity contribution in [3.05, 3.63) is 47.0 Å². The van der Waals surface area contributed by atoms with Gasteiger partial charge in [-0.1, -0.05) is 0 Å². The maximum Gasteiger partial charge on any atom is 0.207 e. The predicted molar refractivity (Wildman–Crippen MR) is 70.8 cm³/mol. The highest BCUT2D eigenvalue weighted by molar-refractivity contribution is 6.67. The fraction of sp³-hybridized carbons (Fsp3) is 0.143. The van der Waals surface area contributed by atoms with Crippen molar-refractivity contribution in [2.24, 2.45) is 0 Å². The number of rotatable bonds is 4. The van der Waals surface area contributed by atoms with Gasteiger partial charge in [-0.05, 0) is 23.1 Å². The lowest BCUT2D eigenvalue weighted by Gasteiger charge is -2.12. The van der Waals surface area contributed by atoms with Gasteiger partial charge in [-0.25, -0.2) is 22.0 Å². The Kier molecular flexibility index (Phi) is 4.77. The Morgan fingerprint density at radius 2 is 1.35 bits per heavy atom. The minimum Gasteiger partial charge on any atom is -0.494 e. The second-order valence-corrected chi connectivity index (χ2v) is 4.32. The van der Waals surface area contributed by atoms with Crippen LogP contribution >= 0.6 is 0 Å². The molecule has 0 aromatic heterocycles. The van der Waals surface area contributed by atoms with Crippen molar-refractivity contribution < 1.29 is 35.8 Å². The normalized spacial score (nSPS) is 10.6. The molecule has 0 amide bonds. The molecule has 0 aliphatic carbocycles. The molecule has 121 valence electrons. The van der Waals surface area contributed by atoms with Gasteiger partial charge < -0.3 is 9.47 Å². The Morgan fingerprint density at radius 3 is 1.91 bits per heavy atom. The van der Waals surface area contributed by atoms with Crippen LogP contribution in [0, 0.1) is 34.9 Å². The summed E-state index contributed by atoms with van der Waals surface area (Å²) < 4.78 is 91.2. The molecule has 0 N–H and O–H groups in total. The molecule has 0 unspecified atom stereocenters. The third-order valence-corrected chi connectivity index (χ3v) is 3.06. The molecule has 2 aromatic rings. The molecule has 0 atom stereocenters. The maximum atomic E-state index is 14.0. The van der Waals surface area contributed by atoms with Gasteiger partial charge in [-0.3, -0.25) is 0 Å². The first-order valence-corrected chi connectivity index (χ1v) is 6.10. The zero-order valence-electron chi connectivity index (χ0n) is 11.8. The van der Waals surface area contributed by atoms with E-state index in [-0.39, 0.29) is 0 Å². The van der Waals surface area contributed by atoms with Crippen molar-refractivity contribution in [2.45, 2.75) is 0 Å². The number of ether oxygens (including phenoxy) is 2. The fourth-order valence-electron chi connectivity index (χ4n) is 1.92. The number of hydrogen-bond acceptors (Lipinski definition) is 2. The third-order valence-electron chi connectivity index (χ3n) is 3.06. The molecule has 2 aromatic carbocycles. The first-order chi connectivity index (χ1) is 10.8. The van der Waals surface area contributed by atoms with Crippen LogP contribution < -0.4 is 20.4 Å². The second-order valence-electron chi connectivity index (χ2n) is 4.32. The summed E-state index contributed by atoms with van der Waals surface area (Å²) in [5.41, 5.74) is -2.07. The third kappa shape index (κ3) is 2.82. The van der Waals surface area contributed by atoms with Crippen molar-refractivity contribution in [1.29, 1.82) is 0 Å². The highest BCUT2D eigenvalue weighted by Gasteiger charge is 2.28. The molecule has 0 fully saturated rings. The number of benzene rings is 2. The monoisotopic (exact) mass is 333 g/mol. The van der Waals surface area contributed by atoms with E-state index in [0.717, 1.165) is 26.4 Å². The van der Waals surface area contributed by atoms with Crippen LogP contribution in [-0.4, -0.2) is 21.5 Å². The van der Waals surface area contributed by atoms with Crippen LogP contribution in [0.3, 0.4) is 0 Å². The lowest BCUT2D eigenvalue weighted by Crippen LogP contribution is -2.37. The Bertz CT molecular complexity index is 766. The highest BCUT2D eigenvalue weighted by Crippen LogP contribution is 2.24. The number of hydrogen-bond donors (Lipinski definition) is 0. The van der Waals surface area contributed by atoms with Crippen LogP contribution in [0.5, 0.6) is 11.5 Å². The van der Waals surface area contributed by atoms with Gasteiger partial charge in [0.05, 0.1) is 14.2 Å². The van der Waals surface area contributed by atoms with Crippen molar-refractivity contribution in [3.63, 3.8) is 0 Å². The van der Waals surface area contributed by atoms with Gasteiger partial charge in [0.15, 0.2) is 34.8 Å². The van der Waals surface area contributed by atoms with E-state index in [2.05, 4.69) is 9.47 Å². The summed E-state index contributed by atoms with van der Waals surface area (Å²) in [6.45, 7) is 0. The summed E-state index contributed by atoms with van der Waals surface area (Å²) in [6, 6.07) is 1.75. The van der Waals surface area contributed by atoms with E-state index in [1.165, 1.54) is 0 Å². The molecule has 0 spiro atoms. The molecule has 0 heterocycles. The summed E-state index contributed by atoms with van der Waals surface area (Å²) in [6.07, 6.45) is 0. The average Bonchev–Trinajstić information content (AvgIpc) is 2.53. The van der Waals surface area contributed by atoms with Crippen LogP contribution in [0.4, 0.5) is 26.3 Å². The summed E-state index contributed by atoms with van der Waals surface area (Å²) >= 11 is 0. The van der Waals surface area contributed by atoms with E-state index in [9.17, 15) is 26.3 Å². The number of methoxy groups -OCH3 is 2. The van der Waals surface area contributed by atoms with Gasteiger partial charge in [0, 0.05) is 0 Å². The zero-order valence-corrected chi connectivity index (χ0v) is 11.8. The largest absolute Gasteiger partial charge is 0.494 e. The van der Waals surface area contributed by atoms with Gasteiger partial charge in [-0.2, -0.15) is 4.39 Å². The SMILES string of the molecule is COc1ccc(F)c([B]c2c(F)c(F)c(F)c(OC)c2F)c1F. The fourth-order valence-corrected chi connectivity index (χ4v) is 1.92. The molecule has 23 heavy (non-hydrogen) atoms. The topological polar surface area (TPSA) is 18.5 Å². The molecule has 0 aliphatic heterocycles. The molecular formula is C14H8BF6O2. The van der Waals surface area contributed by atoms with Crippen LogP contribution in [0.15, 0.2) is 12.1 Å². The summed E-state index contributed by atoms with van der Waals surface area (Å²) in [4.78, 5) is 0. The van der Waals surface area contributed by atoms with Gasteiger partial charge in [-0.15, -0.1) is 0 Å². The van der Waals surface area contributed by atoms with Crippen LogP contribution in [-0.2, 0) is 0 Å². The Hall–Kier alpha value is -2.32. The second kappa shape index (κ2) is 6.43. The minimum absolute atomic E-state index is 0.364. The molecule has 2 nitrogen and oxygen atoms in total. The summed E-state index contributed by atoms with van der Waals surface area (Å²) in [5.74, 6) is -11.5. The maximum absolute atomic E-state index is 14.0. The van der Waals surface area contributed by atoms with E-state index in [0.29, 0.717) is 7.28 Å². The van der Waals surface area contributed by atoms with Crippen LogP contribution in [0.25, 0.3) is 0 Å². The summed E-state index contributed by atoms with van der Waals surface area (Å²) in [7, 11) is 2.29. The van der Waals surface area contributed by atoms with Crippen molar-refractivity contribution in [3.8, 4) is 11.5 Å². The predicted octanol–water partition coefficient (Wildman–Crippen LogP) is 2.19. The molecular weight excluding hydrogens is 325 g/mol. The quantitative estimate of drug-likeness (QED) is 0.370. The van der Waals surface area contributed by atoms with Gasteiger partial charge in [0.25, 0.3) is 0 Å². The van der Waals surface area contributed by atoms with Gasteiger partial charge in [0.1, 0.15) is 5.82 Å². The molecule has 1 radical (unpaired) electrons. The average molecular weight is 333 g/mol. The lowest BCUT2D eigenvalue weighted by atomic mass is 9.62. The Labute approximate surface area is 127 Å². The van der Waals surface area contributed by atoms with Gasteiger partial charge in [0.2, 0.25) is 13.1 Å². The molecule has 0 saturated carbocycles. The van der Waals surface area contributed by atoms with Crippen molar-refractivity contribution >= 4 is 18.2 Å². The van der Waals surface area contributed by atoms with Crippen molar-refractivity contribution in [2.75, 3.05) is 14.2 Å². The van der Waals surface area contributed by atoms with E-state index < -0.39 is 57.3 Å². The molecule has 0 aliphatic rings. The van der Waals surface area contributed by atoms with E-state index in [1.54, 1.807) is 0 Å². The highest BCUT2D eigenvalue weighted by atomic mass is 19.2. The number of halogens is 6. The lowest BCUT2D eigenvalue weighted by molar-refractivity contribution is 0.338. The van der Waals surface area contributed by atoms with E-state index >= 15 is 0 Å². The Balaban J connectivity index is 2.64. The van der Waals surface area contributed by atoms with Gasteiger partial charge >= 0.3 is 0 Å². The molecule has 2 rings (SSSR count). The van der Waals surface area contributed by atoms with E-state index in [4.69, 9.17) is 0 Å².